The molecular formula is C11H24N2O6. The lowest BCUT2D eigenvalue weighted by Crippen LogP contribution is -2.62. The number of nitrogens with one attached hydrogen (secondary N) is 1. The topological polar surface area (TPSA) is 133 Å². The second-order valence-electron chi connectivity index (χ2n) is 4.69. The molecule has 8 nitrogen and oxygen atoms in total. The first-order chi connectivity index (χ1) is 8.70. The zero-order valence-electron chi connectivity index (χ0n) is 11.4. The fourth-order valence-corrected chi connectivity index (χ4v) is 1.68. The molecule has 0 heterocycles. The van der Waals surface area contributed by atoms with E-state index in [9.17, 15) is 25.2 Å². The van der Waals surface area contributed by atoms with Crippen LogP contribution in [0.25, 0.3) is 0 Å². The number of amides is 1. The number of nitrogens with zero attached hydrogens (tertiary/aromatic N) is 1. The Morgan fingerprint density at radius 2 is 1.84 bits per heavy atom. The predicted molar refractivity (Wildman–Crippen MR) is 66.8 cm³/mol. The summed E-state index contributed by atoms with van der Waals surface area (Å²) in [5.74, 6) is -0.893. The van der Waals surface area contributed by atoms with Crippen molar-refractivity contribution in [2.75, 3.05) is 20.7 Å². The van der Waals surface area contributed by atoms with Gasteiger partial charge in [0.05, 0.1) is 6.61 Å². The van der Waals surface area contributed by atoms with E-state index in [-0.39, 0.29) is 6.42 Å². The van der Waals surface area contributed by atoms with Crippen molar-refractivity contribution in [2.24, 2.45) is 0 Å². The lowest BCUT2D eigenvalue weighted by atomic mass is 9.85. The van der Waals surface area contributed by atoms with E-state index in [1.807, 2.05) is 0 Å². The average molecular weight is 280 g/mol. The molecule has 19 heavy (non-hydrogen) atoms. The highest BCUT2D eigenvalue weighted by atomic mass is 16.4. The third-order valence-corrected chi connectivity index (χ3v) is 2.74. The van der Waals surface area contributed by atoms with Gasteiger partial charge >= 0.3 is 0 Å². The van der Waals surface area contributed by atoms with Crippen molar-refractivity contribution in [2.45, 2.75) is 43.7 Å². The molecule has 0 rings (SSSR count). The van der Waals surface area contributed by atoms with Gasteiger partial charge in [-0.15, -0.1) is 0 Å². The van der Waals surface area contributed by atoms with E-state index in [0.717, 1.165) is 0 Å². The maximum atomic E-state index is 11.9. The summed E-state index contributed by atoms with van der Waals surface area (Å²) >= 11 is 0. The molecule has 0 aliphatic carbocycles. The minimum Gasteiger partial charge on any atom is -0.394 e. The Morgan fingerprint density at radius 1 is 1.32 bits per heavy atom. The summed E-state index contributed by atoms with van der Waals surface area (Å²) in [5.41, 5.74) is 0.0347. The van der Waals surface area contributed by atoms with Gasteiger partial charge in [-0.3, -0.25) is 10.2 Å². The SMILES string of the molecule is CCC[C@](O)(C(=O)NN(C)C)[C@@H](O)[C@H](O)[C@H](O)CO. The van der Waals surface area contributed by atoms with Crippen LogP contribution in [0.2, 0.25) is 0 Å². The molecule has 0 aromatic carbocycles. The first-order valence-electron chi connectivity index (χ1n) is 6.06. The minimum atomic E-state index is -2.26. The molecule has 0 saturated heterocycles. The Balaban J connectivity index is 5.10. The molecule has 0 bridgehead atoms. The summed E-state index contributed by atoms with van der Waals surface area (Å²) in [6, 6.07) is 0. The van der Waals surface area contributed by atoms with Gasteiger partial charge in [-0.2, -0.15) is 0 Å². The van der Waals surface area contributed by atoms with Crippen molar-refractivity contribution in [3.05, 3.63) is 0 Å². The molecule has 0 radical (unpaired) electrons. The van der Waals surface area contributed by atoms with Crippen LogP contribution < -0.4 is 5.43 Å². The summed E-state index contributed by atoms with van der Waals surface area (Å²) in [7, 11) is 3.05. The van der Waals surface area contributed by atoms with E-state index < -0.39 is 36.4 Å². The number of carbonyl (C=O) groups excluding carboxylic acids is 1. The molecule has 0 fully saturated rings. The lowest BCUT2D eigenvalue weighted by molar-refractivity contribution is -0.181. The first kappa shape index (κ1) is 18.2. The van der Waals surface area contributed by atoms with E-state index in [0.29, 0.717) is 6.42 Å². The summed E-state index contributed by atoms with van der Waals surface area (Å²) in [6.45, 7) is 0.894. The first-order valence-corrected chi connectivity index (χ1v) is 6.06. The van der Waals surface area contributed by atoms with Crippen molar-refractivity contribution in [3.63, 3.8) is 0 Å². The second kappa shape index (κ2) is 7.73. The van der Waals surface area contributed by atoms with Crippen LogP contribution in [0.5, 0.6) is 0 Å². The summed E-state index contributed by atoms with van der Waals surface area (Å²) < 4.78 is 0. The largest absolute Gasteiger partial charge is 0.394 e. The Morgan fingerprint density at radius 3 is 2.21 bits per heavy atom. The smallest absolute Gasteiger partial charge is 0.269 e. The van der Waals surface area contributed by atoms with Crippen LogP contribution in [0.1, 0.15) is 19.8 Å². The Kier molecular flexibility index (Phi) is 7.42. The Labute approximate surface area is 112 Å². The van der Waals surface area contributed by atoms with Gasteiger partial charge in [0.25, 0.3) is 5.91 Å². The number of hydrogen-bond acceptors (Lipinski definition) is 7. The van der Waals surface area contributed by atoms with Crippen LogP contribution in [0.3, 0.4) is 0 Å². The van der Waals surface area contributed by atoms with Gasteiger partial charge in [0.15, 0.2) is 5.60 Å². The number of aliphatic hydroxyl groups excluding tert-OH is 4. The van der Waals surface area contributed by atoms with Crippen molar-refractivity contribution in [3.8, 4) is 0 Å². The molecule has 0 unspecified atom stereocenters. The molecule has 114 valence electrons. The van der Waals surface area contributed by atoms with E-state index in [2.05, 4.69) is 5.43 Å². The number of carbonyl (C=O) groups is 1. The molecule has 8 heteroatoms. The maximum Gasteiger partial charge on any atom is 0.269 e. The Bertz CT molecular complexity index is 288. The van der Waals surface area contributed by atoms with E-state index in [1.54, 1.807) is 6.92 Å². The lowest BCUT2D eigenvalue weighted by Gasteiger charge is -2.36. The van der Waals surface area contributed by atoms with Gasteiger partial charge in [0, 0.05) is 14.1 Å². The van der Waals surface area contributed by atoms with E-state index in [4.69, 9.17) is 5.11 Å². The van der Waals surface area contributed by atoms with Gasteiger partial charge in [-0.1, -0.05) is 13.3 Å². The van der Waals surface area contributed by atoms with Gasteiger partial charge in [0.2, 0.25) is 0 Å². The average Bonchev–Trinajstić information content (AvgIpc) is 2.35. The summed E-state index contributed by atoms with van der Waals surface area (Å²) in [4.78, 5) is 11.9. The predicted octanol–water partition coefficient (Wildman–Crippen LogP) is -2.81. The van der Waals surface area contributed by atoms with Crippen molar-refractivity contribution >= 4 is 5.91 Å². The van der Waals surface area contributed by atoms with Gasteiger partial charge in [-0.05, 0) is 6.42 Å². The fraction of sp³-hybridized carbons (Fsp3) is 0.909. The summed E-state index contributed by atoms with van der Waals surface area (Å²) in [5, 5.41) is 49.1. The van der Waals surface area contributed by atoms with Crippen LogP contribution >= 0.6 is 0 Å². The van der Waals surface area contributed by atoms with Crippen LogP contribution in [0.15, 0.2) is 0 Å². The maximum absolute atomic E-state index is 11.9. The zero-order valence-corrected chi connectivity index (χ0v) is 11.4. The van der Waals surface area contributed by atoms with Crippen molar-refractivity contribution in [1.82, 2.24) is 10.4 Å². The Hall–Kier alpha value is -0.770. The molecular weight excluding hydrogens is 256 g/mol. The molecule has 0 aliphatic heterocycles. The van der Waals surface area contributed by atoms with Crippen LogP contribution in [-0.4, -0.2) is 81.1 Å². The highest BCUT2D eigenvalue weighted by Gasteiger charge is 2.47. The molecule has 0 saturated carbocycles. The fourth-order valence-electron chi connectivity index (χ4n) is 1.68. The molecule has 1 amide bonds. The highest BCUT2D eigenvalue weighted by molar-refractivity contribution is 5.85. The third-order valence-electron chi connectivity index (χ3n) is 2.74. The highest BCUT2D eigenvalue weighted by Crippen LogP contribution is 2.22. The van der Waals surface area contributed by atoms with Crippen molar-refractivity contribution < 1.29 is 30.3 Å². The molecule has 6 N–H and O–H groups in total. The van der Waals surface area contributed by atoms with Crippen molar-refractivity contribution in [1.29, 1.82) is 0 Å². The van der Waals surface area contributed by atoms with Gasteiger partial charge in [-0.25, -0.2) is 5.01 Å². The quantitative estimate of drug-likeness (QED) is 0.264. The molecule has 0 spiro atoms. The van der Waals surface area contributed by atoms with E-state index >= 15 is 0 Å². The normalized spacial score (nSPS) is 19.6. The standard InChI is InChI=1S/C11H24N2O6/c1-4-5-11(19,10(18)12-13(2)3)9(17)8(16)7(15)6-14/h7-9,14-17,19H,4-6H2,1-3H3,(H,12,18)/t7-,8-,9+,11-/m1/s1. The third kappa shape index (κ3) is 4.68. The number of hydrazine groups is 1. The number of aliphatic hydroxyl groups is 5. The number of rotatable bonds is 8. The van der Waals surface area contributed by atoms with Crippen LogP contribution in [-0.2, 0) is 4.79 Å². The second-order valence-corrected chi connectivity index (χ2v) is 4.69. The van der Waals surface area contributed by atoms with Crippen LogP contribution in [0.4, 0.5) is 0 Å². The monoisotopic (exact) mass is 280 g/mol. The van der Waals surface area contributed by atoms with Gasteiger partial charge < -0.3 is 25.5 Å². The van der Waals surface area contributed by atoms with Crippen LogP contribution in [0, 0.1) is 0 Å². The summed E-state index contributed by atoms with van der Waals surface area (Å²) in [6.07, 6.45) is -5.14. The minimum absolute atomic E-state index is 0.108. The molecule has 0 aromatic rings. The van der Waals surface area contributed by atoms with E-state index in [1.165, 1.54) is 19.1 Å². The van der Waals surface area contributed by atoms with Gasteiger partial charge in [0.1, 0.15) is 18.3 Å². The molecule has 0 aliphatic rings. The molecule has 0 aromatic heterocycles. The zero-order chi connectivity index (χ0) is 15.2. The molecule has 4 atom stereocenters. The number of hydrogen-bond donors (Lipinski definition) is 6.